The molecule has 0 bridgehead atoms. The lowest BCUT2D eigenvalue weighted by molar-refractivity contribution is -0.115. The van der Waals surface area contributed by atoms with Crippen LogP contribution >= 0.6 is 11.3 Å². The van der Waals surface area contributed by atoms with Crippen LogP contribution in [0.2, 0.25) is 0 Å². The number of amides is 1. The Bertz CT molecular complexity index is 1090. The molecule has 0 fully saturated rings. The van der Waals surface area contributed by atoms with E-state index in [1.807, 2.05) is 0 Å². The van der Waals surface area contributed by atoms with Crippen molar-refractivity contribution in [3.05, 3.63) is 63.4 Å². The molecule has 1 aromatic carbocycles. The molecule has 2 heterocycles. The molecule has 2 N–H and O–H groups in total. The number of hydrogen-bond donors (Lipinski definition) is 1. The zero-order chi connectivity index (χ0) is 20.3. The number of carbonyl (C=O) groups is 1. The predicted octanol–water partition coefficient (Wildman–Crippen LogP) is 2.77. The molecule has 0 saturated carbocycles. The highest BCUT2D eigenvalue weighted by molar-refractivity contribution is 7.14. The summed E-state index contributed by atoms with van der Waals surface area (Å²) in [4.78, 5) is 30.1. The summed E-state index contributed by atoms with van der Waals surface area (Å²) in [5, 5.41) is 6.34. The van der Waals surface area contributed by atoms with Crippen LogP contribution in [0.15, 0.2) is 51.7 Å². The van der Waals surface area contributed by atoms with Gasteiger partial charge in [0.25, 0.3) is 5.56 Å². The number of ether oxygens (including phenoxy) is 1. The fourth-order valence-corrected chi connectivity index (χ4v) is 3.39. The van der Waals surface area contributed by atoms with Crippen molar-refractivity contribution < 1.29 is 9.53 Å². The average Bonchev–Trinajstić information content (AvgIpc) is 3.09. The molecule has 0 aliphatic heterocycles. The first-order valence-electron chi connectivity index (χ1n) is 8.33. The summed E-state index contributed by atoms with van der Waals surface area (Å²) in [6.45, 7) is 3.25. The van der Waals surface area contributed by atoms with E-state index in [-0.39, 0.29) is 17.3 Å². The molecule has 0 atom stereocenters. The van der Waals surface area contributed by atoms with E-state index in [1.54, 1.807) is 49.7 Å². The third kappa shape index (κ3) is 4.09. The number of benzene rings is 1. The number of pyridine rings is 1. The Kier molecular flexibility index (Phi) is 5.55. The van der Waals surface area contributed by atoms with Gasteiger partial charge in [0.2, 0.25) is 5.91 Å². The van der Waals surface area contributed by atoms with Gasteiger partial charge in [0.1, 0.15) is 11.6 Å². The number of anilines is 3. The number of thiazole rings is 1. The number of carbonyl (C=O) groups excluding carboxylic acids is 1. The van der Waals surface area contributed by atoms with Crippen molar-refractivity contribution in [1.29, 1.82) is 0 Å². The molecule has 0 spiro atoms. The topological polar surface area (TPSA) is 103 Å². The van der Waals surface area contributed by atoms with Gasteiger partial charge in [0.15, 0.2) is 5.13 Å². The fraction of sp³-hybridized carbons (Fsp3) is 0.158. The first-order valence-corrected chi connectivity index (χ1v) is 9.21. The van der Waals surface area contributed by atoms with E-state index in [1.165, 1.54) is 35.4 Å². The van der Waals surface area contributed by atoms with E-state index in [9.17, 15) is 9.59 Å². The molecule has 9 heteroatoms. The maximum atomic E-state index is 12.2. The van der Waals surface area contributed by atoms with Gasteiger partial charge in [-0.1, -0.05) is 0 Å². The van der Waals surface area contributed by atoms with Crippen molar-refractivity contribution in [2.24, 2.45) is 5.10 Å². The maximum absolute atomic E-state index is 12.2. The minimum Gasteiger partial charge on any atom is -0.497 e. The zero-order valence-electron chi connectivity index (χ0n) is 15.6. The predicted molar refractivity (Wildman–Crippen MR) is 111 cm³/mol. The Hall–Kier alpha value is -3.46. The van der Waals surface area contributed by atoms with Crippen LogP contribution in [0.3, 0.4) is 0 Å². The maximum Gasteiger partial charge on any atom is 0.273 e. The number of aryl methyl sites for hydroxylation is 1. The summed E-state index contributed by atoms with van der Waals surface area (Å²) in [5.74, 6) is 0.752. The molecular formula is C19H19N5O3S. The van der Waals surface area contributed by atoms with Crippen LogP contribution in [-0.2, 0) is 4.79 Å². The summed E-state index contributed by atoms with van der Waals surface area (Å²) in [6.07, 6.45) is 1.43. The van der Waals surface area contributed by atoms with Crippen molar-refractivity contribution in [1.82, 2.24) is 9.66 Å². The quantitative estimate of drug-likeness (QED) is 0.667. The van der Waals surface area contributed by atoms with Crippen LogP contribution < -0.4 is 20.9 Å². The number of aromatic nitrogens is 2. The van der Waals surface area contributed by atoms with Crippen LogP contribution in [0.4, 0.5) is 16.6 Å². The van der Waals surface area contributed by atoms with Gasteiger partial charge in [-0.15, -0.1) is 11.3 Å². The van der Waals surface area contributed by atoms with Crippen LogP contribution in [-0.4, -0.2) is 28.9 Å². The molecule has 3 rings (SSSR count). The highest BCUT2D eigenvalue weighted by Crippen LogP contribution is 2.29. The normalized spacial score (nSPS) is 11.0. The van der Waals surface area contributed by atoms with E-state index in [4.69, 9.17) is 10.5 Å². The summed E-state index contributed by atoms with van der Waals surface area (Å²) >= 11 is 1.29. The van der Waals surface area contributed by atoms with E-state index < -0.39 is 0 Å². The van der Waals surface area contributed by atoms with Crippen molar-refractivity contribution in [3.8, 4) is 5.75 Å². The van der Waals surface area contributed by atoms with E-state index in [0.717, 1.165) is 10.2 Å². The highest BCUT2D eigenvalue weighted by atomic mass is 32.1. The molecule has 0 aliphatic carbocycles. The Morgan fingerprint density at radius 3 is 2.64 bits per heavy atom. The SMILES string of the molecule is COc1ccc(N(C(C)=O)c2nc(/C=N\n3c(N)cc(C)cc3=O)cs2)cc1. The summed E-state index contributed by atoms with van der Waals surface area (Å²) in [5.41, 5.74) is 7.46. The molecule has 0 saturated heterocycles. The van der Waals surface area contributed by atoms with E-state index >= 15 is 0 Å². The van der Waals surface area contributed by atoms with Crippen molar-refractivity contribution in [2.45, 2.75) is 13.8 Å². The smallest absolute Gasteiger partial charge is 0.273 e. The second-order valence-electron chi connectivity index (χ2n) is 5.96. The van der Waals surface area contributed by atoms with Gasteiger partial charge in [0, 0.05) is 18.4 Å². The molecule has 3 aromatic rings. The standard InChI is InChI=1S/C19H19N5O3S/c1-12-8-17(20)24(18(26)9-12)21-10-14-11-28-19(22-14)23(13(2)25)15-4-6-16(27-3)7-5-15/h4-11H,20H2,1-3H3/b21-10-. The molecule has 0 unspecified atom stereocenters. The second-order valence-corrected chi connectivity index (χ2v) is 6.80. The second kappa shape index (κ2) is 8.05. The van der Waals surface area contributed by atoms with Crippen LogP contribution in [0.5, 0.6) is 5.75 Å². The fourth-order valence-electron chi connectivity index (χ4n) is 2.56. The lowest BCUT2D eigenvalue weighted by Crippen LogP contribution is -2.22. The third-order valence-corrected chi connectivity index (χ3v) is 4.68. The molecule has 0 aliphatic rings. The Morgan fingerprint density at radius 2 is 2.04 bits per heavy atom. The monoisotopic (exact) mass is 397 g/mol. The summed E-state index contributed by atoms with van der Waals surface area (Å²) in [7, 11) is 1.58. The number of methoxy groups -OCH3 is 1. The summed E-state index contributed by atoms with van der Waals surface area (Å²) in [6, 6.07) is 10.2. The largest absolute Gasteiger partial charge is 0.497 e. The van der Waals surface area contributed by atoms with Gasteiger partial charge in [-0.2, -0.15) is 9.78 Å². The van der Waals surface area contributed by atoms with E-state index in [0.29, 0.717) is 22.3 Å². The molecule has 144 valence electrons. The lowest BCUT2D eigenvalue weighted by atomic mass is 10.3. The first-order chi connectivity index (χ1) is 13.4. The Balaban J connectivity index is 1.89. The molecular weight excluding hydrogens is 378 g/mol. The molecule has 8 nitrogen and oxygen atoms in total. The van der Waals surface area contributed by atoms with Gasteiger partial charge in [-0.3, -0.25) is 14.5 Å². The number of nitrogens with zero attached hydrogens (tertiary/aromatic N) is 4. The van der Waals surface area contributed by atoms with Gasteiger partial charge in [-0.05, 0) is 42.8 Å². The molecule has 28 heavy (non-hydrogen) atoms. The third-order valence-electron chi connectivity index (χ3n) is 3.83. The van der Waals surface area contributed by atoms with Crippen molar-refractivity contribution in [2.75, 3.05) is 17.7 Å². The lowest BCUT2D eigenvalue weighted by Gasteiger charge is -2.18. The highest BCUT2D eigenvalue weighted by Gasteiger charge is 2.17. The van der Waals surface area contributed by atoms with E-state index in [2.05, 4.69) is 10.1 Å². The summed E-state index contributed by atoms with van der Waals surface area (Å²) < 4.78 is 6.24. The van der Waals surface area contributed by atoms with Gasteiger partial charge in [-0.25, -0.2) is 4.98 Å². The van der Waals surface area contributed by atoms with Crippen LogP contribution in [0.25, 0.3) is 0 Å². The van der Waals surface area contributed by atoms with Crippen molar-refractivity contribution >= 4 is 40.1 Å². The minimum atomic E-state index is -0.326. The minimum absolute atomic E-state index is 0.179. The van der Waals surface area contributed by atoms with Gasteiger partial charge in [0.05, 0.1) is 24.7 Å². The number of nitrogens with two attached hydrogens (primary N) is 1. The molecule has 2 aromatic heterocycles. The Labute approximate surface area is 165 Å². The van der Waals surface area contributed by atoms with Crippen LogP contribution in [0, 0.1) is 6.92 Å². The van der Waals surface area contributed by atoms with Crippen molar-refractivity contribution in [3.63, 3.8) is 0 Å². The first kappa shape index (κ1) is 19.3. The molecule has 0 radical (unpaired) electrons. The van der Waals surface area contributed by atoms with Gasteiger partial charge >= 0.3 is 0 Å². The number of hydrogen-bond acceptors (Lipinski definition) is 7. The van der Waals surface area contributed by atoms with Gasteiger partial charge < -0.3 is 10.5 Å². The number of rotatable bonds is 5. The van der Waals surface area contributed by atoms with Crippen LogP contribution in [0.1, 0.15) is 18.2 Å². The molecule has 1 amide bonds. The Morgan fingerprint density at radius 1 is 1.32 bits per heavy atom. The average molecular weight is 397 g/mol. The number of nitrogen functional groups attached to an aromatic ring is 1. The zero-order valence-corrected chi connectivity index (χ0v) is 16.4.